The second kappa shape index (κ2) is 6.34. The summed E-state index contributed by atoms with van der Waals surface area (Å²) < 4.78 is 19.2. The van der Waals surface area contributed by atoms with Crippen molar-refractivity contribution in [3.63, 3.8) is 0 Å². The van der Waals surface area contributed by atoms with Crippen LogP contribution in [0.25, 0.3) is 0 Å². The predicted molar refractivity (Wildman–Crippen MR) is 74.9 cm³/mol. The first-order valence-corrected chi connectivity index (χ1v) is 6.38. The Labute approximate surface area is 113 Å². The first kappa shape index (κ1) is 13.6. The van der Waals surface area contributed by atoms with E-state index in [2.05, 4.69) is 5.32 Å². The lowest BCUT2D eigenvalue weighted by molar-refractivity contribution is 0.413. The summed E-state index contributed by atoms with van der Waals surface area (Å²) in [7, 11) is 1.63. The molecule has 2 nitrogen and oxygen atoms in total. The standard InChI is InChI=1S/C16H18FNO/c1-3-18-16(14-9-4-5-10-15(14)17)12-7-6-8-13(11-12)19-2/h4-11,16,18H,3H2,1-2H3. The number of halogens is 1. The van der Waals surface area contributed by atoms with Gasteiger partial charge < -0.3 is 10.1 Å². The number of ether oxygens (including phenoxy) is 1. The Kier molecular flexibility index (Phi) is 4.53. The molecule has 0 fully saturated rings. The minimum Gasteiger partial charge on any atom is -0.497 e. The van der Waals surface area contributed by atoms with E-state index in [0.717, 1.165) is 17.9 Å². The van der Waals surface area contributed by atoms with Gasteiger partial charge in [-0.05, 0) is 30.3 Å². The molecule has 3 heteroatoms. The third-order valence-corrected chi connectivity index (χ3v) is 3.05. The van der Waals surface area contributed by atoms with Crippen molar-refractivity contribution in [2.75, 3.05) is 13.7 Å². The van der Waals surface area contributed by atoms with Crippen molar-refractivity contribution >= 4 is 0 Å². The Morgan fingerprint density at radius 2 is 1.95 bits per heavy atom. The van der Waals surface area contributed by atoms with Gasteiger partial charge in [0.05, 0.1) is 13.2 Å². The highest BCUT2D eigenvalue weighted by molar-refractivity contribution is 5.37. The molecule has 0 heterocycles. The van der Waals surface area contributed by atoms with E-state index in [4.69, 9.17) is 4.74 Å². The maximum atomic E-state index is 14.0. The summed E-state index contributed by atoms with van der Waals surface area (Å²) in [6.45, 7) is 2.77. The second-order valence-corrected chi connectivity index (χ2v) is 4.29. The summed E-state index contributed by atoms with van der Waals surface area (Å²) in [5.41, 5.74) is 1.64. The van der Waals surface area contributed by atoms with E-state index in [9.17, 15) is 4.39 Å². The molecule has 1 N–H and O–H groups in total. The van der Waals surface area contributed by atoms with Crippen LogP contribution in [0.1, 0.15) is 24.1 Å². The van der Waals surface area contributed by atoms with E-state index in [1.807, 2.05) is 43.3 Å². The monoisotopic (exact) mass is 259 g/mol. The molecule has 100 valence electrons. The van der Waals surface area contributed by atoms with Crippen LogP contribution >= 0.6 is 0 Å². The molecule has 0 aliphatic rings. The van der Waals surface area contributed by atoms with E-state index in [1.54, 1.807) is 13.2 Å². The molecule has 1 atom stereocenters. The second-order valence-electron chi connectivity index (χ2n) is 4.29. The summed E-state index contributed by atoms with van der Waals surface area (Å²) in [5.74, 6) is 0.577. The SMILES string of the molecule is CCNC(c1cccc(OC)c1)c1ccccc1F. The Balaban J connectivity index is 2.42. The first-order valence-electron chi connectivity index (χ1n) is 6.38. The molecule has 0 bridgehead atoms. The Morgan fingerprint density at radius 1 is 1.16 bits per heavy atom. The summed E-state index contributed by atoms with van der Waals surface area (Å²) in [5, 5.41) is 3.31. The van der Waals surface area contributed by atoms with Crippen molar-refractivity contribution in [2.24, 2.45) is 0 Å². The maximum absolute atomic E-state index is 14.0. The Morgan fingerprint density at radius 3 is 2.63 bits per heavy atom. The molecule has 0 aliphatic carbocycles. The van der Waals surface area contributed by atoms with Gasteiger partial charge >= 0.3 is 0 Å². The van der Waals surface area contributed by atoms with Crippen molar-refractivity contribution < 1.29 is 9.13 Å². The van der Waals surface area contributed by atoms with Gasteiger partial charge in [0.1, 0.15) is 11.6 Å². The third kappa shape index (κ3) is 3.12. The zero-order valence-corrected chi connectivity index (χ0v) is 11.2. The normalized spacial score (nSPS) is 12.2. The highest BCUT2D eigenvalue weighted by Crippen LogP contribution is 2.26. The van der Waals surface area contributed by atoms with E-state index in [-0.39, 0.29) is 11.9 Å². The van der Waals surface area contributed by atoms with Crippen LogP contribution in [0.2, 0.25) is 0 Å². The topological polar surface area (TPSA) is 21.3 Å². The summed E-state index contributed by atoms with van der Waals surface area (Å²) in [6.07, 6.45) is 0. The zero-order chi connectivity index (χ0) is 13.7. The van der Waals surface area contributed by atoms with Crippen molar-refractivity contribution in [1.29, 1.82) is 0 Å². The quantitative estimate of drug-likeness (QED) is 0.887. The molecule has 0 aliphatic heterocycles. The van der Waals surface area contributed by atoms with Crippen molar-refractivity contribution in [3.8, 4) is 5.75 Å². The third-order valence-electron chi connectivity index (χ3n) is 3.05. The molecule has 0 aromatic heterocycles. The lowest BCUT2D eigenvalue weighted by Gasteiger charge is -2.20. The summed E-state index contributed by atoms with van der Waals surface area (Å²) in [6, 6.07) is 14.4. The number of nitrogens with one attached hydrogen (secondary N) is 1. The minimum absolute atomic E-state index is 0.165. The summed E-state index contributed by atoms with van der Waals surface area (Å²) >= 11 is 0. The fraction of sp³-hybridized carbons (Fsp3) is 0.250. The van der Waals surface area contributed by atoms with Gasteiger partial charge in [0.25, 0.3) is 0 Å². The molecular weight excluding hydrogens is 241 g/mol. The number of methoxy groups -OCH3 is 1. The number of rotatable bonds is 5. The highest BCUT2D eigenvalue weighted by Gasteiger charge is 2.16. The van der Waals surface area contributed by atoms with Crippen LogP contribution in [0, 0.1) is 5.82 Å². The number of hydrogen-bond acceptors (Lipinski definition) is 2. The van der Waals surface area contributed by atoms with Crippen molar-refractivity contribution in [1.82, 2.24) is 5.32 Å². The fourth-order valence-corrected chi connectivity index (χ4v) is 2.14. The molecule has 0 radical (unpaired) electrons. The van der Waals surface area contributed by atoms with Crippen LogP contribution in [0.4, 0.5) is 4.39 Å². The molecule has 2 rings (SSSR count). The van der Waals surface area contributed by atoms with Gasteiger partial charge in [0, 0.05) is 5.56 Å². The predicted octanol–water partition coefficient (Wildman–Crippen LogP) is 3.53. The van der Waals surface area contributed by atoms with Gasteiger partial charge in [-0.25, -0.2) is 4.39 Å². The number of benzene rings is 2. The lowest BCUT2D eigenvalue weighted by atomic mass is 9.98. The zero-order valence-electron chi connectivity index (χ0n) is 11.2. The molecule has 0 saturated carbocycles. The molecule has 19 heavy (non-hydrogen) atoms. The van der Waals surface area contributed by atoms with Crippen LogP contribution in [0.5, 0.6) is 5.75 Å². The average Bonchev–Trinajstić information content (AvgIpc) is 2.46. The molecule has 1 unspecified atom stereocenters. The molecular formula is C16H18FNO. The van der Waals surface area contributed by atoms with Crippen LogP contribution in [-0.4, -0.2) is 13.7 Å². The van der Waals surface area contributed by atoms with Crippen LogP contribution in [-0.2, 0) is 0 Å². The molecule has 2 aromatic carbocycles. The lowest BCUT2D eigenvalue weighted by Crippen LogP contribution is -2.23. The Bertz CT molecular complexity index is 542. The van der Waals surface area contributed by atoms with Gasteiger partial charge in [0.2, 0.25) is 0 Å². The van der Waals surface area contributed by atoms with Crippen LogP contribution < -0.4 is 10.1 Å². The summed E-state index contributed by atoms with van der Waals surface area (Å²) in [4.78, 5) is 0. The molecule has 0 saturated heterocycles. The largest absolute Gasteiger partial charge is 0.497 e. The highest BCUT2D eigenvalue weighted by atomic mass is 19.1. The first-order chi connectivity index (χ1) is 9.26. The molecule has 0 spiro atoms. The van der Waals surface area contributed by atoms with Gasteiger partial charge in [-0.15, -0.1) is 0 Å². The van der Waals surface area contributed by atoms with Gasteiger partial charge in [-0.3, -0.25) is 0 Å². The van der Waals surface area contributed by atoms with E-state index < -0.39 is 0 Å². The molecule has 2 aromatic rings. The smallest absolute Gasteiger partial charge is 0.128 e. The van der Waals surface area contributed by atoms with E-state index in [1.165, 1.54) is 6.07 Å². The maximum Gasteiger partial charge on any atom is 0.128 e. The van der Waals surface area contributed by atoms with Gasteiger partial charge in [0.15, 0.2) is 0 Å². The van der Waals surface area contributed by atoms with Gasteiger partial charge in [-0.2, -0.15) is 0 Å². The fourth-order valence-electron chi connectivity index (χ4n) is 2.14. The Hall–Kier alpha value is -1.87. The number of hydrogen-bond donors (Lipinski definition) is 1. The van der Waals surface area contributed by atoms with Crippen molar-refractivity contribution in [2.45, 2.75) is 13.0 Å². The van der Waals surface area contributed by atoms with E-state index >= 15 is 0 Å². The van der Waals surface area contributed by atoms with Crippen LogP contribution in [0.15, 0.2) is 48.5 Å². The minimum atomic E-state index is -0.198. The van der Waals surface area contributed by atoms with E-state index in [0.29, 0.717) is 5.56 Å². The van der Waals surface area contributed by atoms with Gasteiger partial charge in [-0.1, -0.05) is 37.3 Å². The van der Waals surface area contributed by atoms with Crippen LogP contribution in [0.3, 0.4) is 0 Å². The molecule has 0 amide bonds. The van der Waals surface area contributed by atoms with Crippen molar-refractivity contribution in [3.05, 3.63) is 65.5 Å². The average molecular weight is 259 g/mol.